The lowest BCUT2D eigenvalue weighted by Gasteiger charge is -2.29. The molecule has 1 N–H and O–H groups in total. The van der Waals surface area contributed by atoms with Gasteiger partial charge in [0, 0.05) is 24.9 Å². The summed E-state index contributed by atoms with van der Waals surface area (Å²) < 4.78 is 11.1. The second-order valence-corrected chi connectivity index (χ2v) is 5.24. The van der Waals surface area contributed by atoms with Gasteiger partial charge in [-0.15, -0.1) is 0 Å². The van der Waals surface area contributed by atoms with E-state index in [1.807, 2.05) is 19.2 Å². The fraction of sp³-hybridized carbons (Fsp3) is 0.625. The monoisotopic (exact) mass is 263 g/mol. The molecule has 0 radical (unpaired) electrons. The third-order valence-electron chi connectivity index (χ3n) is 3.64. The summed E-state index contributed by atoms with van der Waals surface area (Å²) in [6.45, 7) is 2.90. The van der Waals surface area contributed by atoms with Crippen LogP contribution in [0.15, 0.2) is 24.3 Å². The first-order chi connectivity index (χ1) is 9.31. The Morgan fingerprint density at radius 3 is 3.00 bits per heavy atom. The molecule has 0 saturated heterocycles. The molecule has 2 atom stereocenters. The zero-order valence-corrected chi connectivity index (χ0v) is 12.0. The minimum Gasteiger partial charge on any atom is -0.494 e. The number of methoxy groups -OCH3 is 1. The van der Waals surface area contributed by atoms with Gasteiger partial charge in [0.05, 0.1) is 12.7 Å². The summed E-state index contributed by atoms with van der Waals surface area (Å²) in [4.78, 5) is 0. The molecule has 106 valence electrons. The van der Waals surface area contributed by atoms with E-state index in [2.05, 4.69) is 24.4 Å². The predicted octanol–water partition coefficient (Wildman–Crippen LogP) is 3.84. The van der Waals surface area contributed by atoms with Crippen molar-refractivity contribution >= 4 is 5.69 Å². The molecule has 0 bridgehead atoms. The highest BCUT2D eigenvalue weighted by Crippen LogP contribution is 2.25. The topological polar surface area (TPSA) is 30.5 Å². The molecule has 0 spiro atoms. The summed E-state index contributed by atoms with van der Waals surface area (Å²) in [5, 5.41) is 3.60. The van der Waals surface area contributed by atoms with Gasteiger partial charge in [-0.1, -0.05) is 13.0 Å². The predicted molar refractivity (Wildman–Crippen MR) is 78.9 cm³/mol. The molecule has 1 aliphatic carbocycles. The summed E-state index contributed by atoms with van der Waals surface area (Å²) in [6, 6.07) is 8.77. The van der Waals surface area contributed by atoms with E-state index in [1.54, 1.807) is 0 Å². The van der Waals surface area contributed by atoms with E-state index >= 15 is 0 Å². The molecule has 1 aliphatic rings. The van der Waals surface area contributed by atoms with Crippen LogP contribution in [0.1, 0.15) is 39.0 Å². The summed E-state index contributed by atoms with van der Waals surface area (Å²) in [5.74, 6) is 0.950. The molecule has 1 aromatic rings. The first-order valence-electron chi connectivity index (χ1n) is 7.34. The average Bonchev–Trinajstić information content (AvgIpc) is 2.46. The van der Waals surface area contributed by atoms with Crippen LogP contribution in [0.5, 0.6) is 5.75 Å². The molecule has 2 unspecified atom stereocenters. The highest BCUT2D eigenvalue weighted by molar-refractivity contribution is 5.48. The number of nitrogens with one attached hydrogen (secondary N) is 1. The Labute approximate surface area is 116 Å². The zero-order valence-electron chi connectivity index (χ0n) is 12.0. The van der Waals surface area contributed by atoms with Gasteiger partial charge in [-0.2, -0.15) is 0 Å². The number of hydrogen-bond acceptors (Lipinski definition) is 3. The van der Waals surface area contributed by atoms with E-state index in [4.69, 9.17) is 9.47 Å². The Morgan fingerprint density at radius 2 is 2.21 bits per heavy atom. The molecule has 19 heavy (non-hydrogen) atoms. The van der Waals surface area contributed by atoms with Crippen LogP contribution in [0.25, 0.3) is 0 Å². The lowest BCUT2D eigenvalue weighted by molar-refractivity contribution is 0.0669. The van der Waals surface area contributed by atoms with Gasteiger partial charge in [0.25, 0.3) is 0 Å². The number of benzene rings is 1. The maximum Gasteiger partial charge on any atom is 0.121 e. The normalized spacial score (nSPS) is 23.1. The molecule has 0 aliphatic heterocycles. The minimum atomic E-state index is 0.408. The number of hydrogen-bond donors (Lipinski definition) is 1. The molecule has 0 amide bonds. The molecule has 2 rings (SSSR count). The van der Waals surface area contributed by atoms with Crippen molar-refractivity contribution in [2.45, 2.75) is 51.2 Å². The lowest BCUT2D eigenvalue weighted by atomic mass is 9.92. The van der Waals surface area contributed by atoms with E-state index in [0.29, 0.717) is 12.1 Å². The Morgan fingerprint density at radius 1 is 1.32 bits per heavy atom. The molecule has 1 saturated carbocycles. The Balaban J connectivity index is 1.90. The smallest absolute Gasteiger partial charge is 0.121 e. The van der Waals surface area contributed by atoms with E-state index in [9.17, 15) is 0 Å². The van der Waals surface area contributed by atoms with Gasteiger partial charge in [0.15, 0.2) is 0 Å². The fourth-order valence-corrected chi connectivity index (χ4v) is 2.62. The van der Waals surface area contributed by atoms with Crippen molar-refractivity contribution in [3.63, 3.8) is 0 Å². The second-order valence-electron chi connectivity index (χ2n) is 5.24. The van der Waals surface area contributed by atoms with Crippen molar-refractivity contribution < 1.29 is 9.47 Å². The Bertz CT molecular complexity index is 381. The zero-order chi connectivity index (χ0) is 13.5. The molecular weight excluding hydrogens is 238 g/mol. The molecule has 0 aromatic heterocycles. The summed E-state index contributed by atoms with van der Waals surface area (Å²) in [5.41, 5.74) is 1.15. The highest BCUT2D eigenvalue weighted by Gasteiger charge is 2.21. The van der Waals surface area contributed by atoms with Crippen molar-refractivity contribution in [2.75, 3.05) is 19.0 Å². The van der Waals surface area contributed by atoms with E-state index in [0.717, 1.165) is 30.9 Å². The van der Waals surface area contributed by atoms with Crippen molar-refractivity contribution in [3.8, 4) is 5.75 Å². The van der Waals surface area contributed by atoms with Crippen molar-refractivity contribution in [1.29, 1.82) is 0 Å². The molecule has 3 nitrogen and oxygen atoms in total. The third kappa shape index (κ3) is 4.43. The van der Waals surface area contributed by atoms with Crippen molar-refractivity contribution in [1.82, 2.24) is 0 Å². The first-order valence-corrected chi connectivity index (χ1v) is 7.34. The van der Waals surface area contributed by atoms with Gasteiger partial charge >= 0.3 is 0 Å². The average molecular weight is 263 g/mol. The standard InChI is InChI=1S/C16H25NO2/c1-3-10-19-16-9-5-7-14(12-16)17-13-6-4-8-15(11-13)18-2/h5,7,9,12-13,15,17H,3-4,6,8,10-11H2,1-2H3. The first kappa shape index (κ1) is 14.2. The maximum absolute atomic E-state index is 5.66. The number of anilines is 1. The van der Waals surface area contributed by atoms with Gasteiger partial charge in [-0.25, -0.2) is 0 Å². The van der Waals surface area contributed by atoms with Crippen LogP contribution >= 0.6 is 0 Å². The van der Waals surface area contributed by atoms with Gasteiger partial charge in [0.2, 0.25) is 0 Å². The molecule has 0 heterocycles. The van der Waals surface area contributed by atoms with Gasteiger partial charge in [-0.05, 0) is 44.2 Å². The Kier molecular flexibility index (Phi) is 5.52. The van der Waals surface area contributed by atoms with E-state index < -0.39 is 0 Å². The maximum atomic E-state index is 5.66. The van der Waals surface area contributed by atoms with Crippen LogP contribution in [0.4, 0.5) is 5.69 Å². The summed E-state index contributed by atoms with van der Waals surface area (Å²) in [7, 11) is 1.81. The molecule has 1 aromatic carbocycles. The lowest BCUT2D eigenvalue weighted by Crippen LogP contribution is -2.30. The van der Waals surface area contributed by atoms with Crippen LogP contribution in [0.2, 0.25) is 0 Å². The highest BCUT2D eigenvalue weighted by atomic mass is 16.5. The van der Waals surface area contributed by atoms with Gasteiger partial charge in [0.1, 0.15) is 5.75 Å². The quantitative estimate of drug-likeness (QED) is 0.845. The molecule has 3 heteroatoms. The molecule has 1 fully saturated rings. The third-order valence-corrected chi connectivity index (χ3v) is 3.64. The number of ether oxygens (including phenoxy) is 2. The summed E-state index contributed by atoms with van der Waals surface area (Å²) in [6.07, 6.45) is 6.19. The van der Waals surface area contributed by atoms with Crippen LogP contribution in [-0.4, -0.2) is 25.9 Å². The molecular formula is C16H25NO2. The minimum absolute atomic E-state index is 0.408. The van der Waals surface area contributed by atoms with Crippen molar-refractivity contribution in [3.05, 3.63) is 24.3 Å². The van der Waals surface area contributed by atoms with Crippen molar-refractivity contribution in [2.24, 2.45) is 0 Å². The van der Waals surface area contributed by atoms with Crippen LogP contribution < -0.4 is 10.1 Å². The van der Waals surface area contributed by atoms with Crippen LogP contribution in [0, 0.1) is 0 Å². The van der Waals surface area contributed by atoms with E-state index in [-0.39, 0.29) is 0 Å². The van der Waals surface area contributed by atoms with Gasteiger partial charge in [-0.3, -0.25) is 0 Å². The fourth-order valence-electron chi connectivity index (χ4n) is 2.62. The number of rotatable bonds is 6. The SMILES string of the molecule is CCCOc1cccc(NC2CCCC(OC)C2)c1. The largest absolute Gasteiger partial charge is 0.494 e. The second kappa shape index (κ2) is 7.39. The Hall–Kier alpha value is -1.22. The summed E-state index contributed by atoms with van der Waals surface area (Å²) >= 11 is 0. The van der Waals surface area contributed by atoms with E-state index in [1.165, 1.54) is 19.3 Å². The van der Waals surface area contributed by atoms with Crippen LogP contribution in [0.3, 0.4) is 0 Å². The van der Waals surface area contributed by atoms with Crippen LogP contribution in [-0.2, 0) is 4.74 Å². The van der Waals surface area contributed by atoms with Gasteiger partial charge < -0.3 is 14.8 Å².